The van der Waals surface area contributed by atoms with Crippen molar-refractivity contribution in [2.24, 2.45) is 5.92 Å². The molecule has 2 bridgehead atoms. The minimum absolute atomic E-state index is 0.107. The number of phenolic OH excluding ortho intramolecular Hbond substituents is 1. The topological polar surface area (TPSA) is 32.3 Å². The standard InChI is InChI=1S/C14H18FNO/c15-14(9-2-1-3-13(17)8-9)10-6-11-4-5-12(7-10)16-11/h1-3,8,10-12,14,16-17H,4-7H2. The van der Waals surface area contributed by atoms with Gasteiger partial charge in [-0.15, -0.1) is 0 Å². The molecule has 2 fully saturated rings. The van der Waals surface area contributed by atoms with Crippen LogP contribution in [0.1, 0.15) is 37.4 Å². The van der Waals surface area contributed by atoms with Gasteiger partial charge in [-0.25, -0.2) is 4.39 Å². The zero-order valence-electron chi connectivity index (χ0n) is 9.77. The van der Waals surface area contributed by atoms with Crippen LogP contribution in [-0.2, 0) is 0 Å². The molecule has 1 aromatic carbocycles. The fourth-order valence-corrected chi connectivity index (χ4v) is 3.31. The summed E-state index contributed by atoms with van der Waals surface area (Å²) in [5, 5.41) is 12.9. The number of benzene rings is 1. The van der Waals surface area contributed by atoms with Crippen molar-refractivity contribution in [3.8, 4) is 5.75 Å². The highest BCUT2D eigenvalue weighted by Crippen LogP contribution is 2.40. The number of nitrogens with one attached hydrogen (secondary N) is 1. The van der Waals surface area contributed by atoms with Crippen molar-refractivity contribution in [3.63, 3.8) is 0 Å². The first-order valence-electron chi connectivity index (χ1n) is 6.41. The van der Waals surface area contributed by atoms with Crippen molar-refractivity contribution in [2.75, 3.05) is 0 Å². The van der Waals surface area contributed by atoms with Gasteiger partial charge in [-0.2, -0.15) is 0 Å². The van der Waals surface area contributed by atoms with Gasteiger partial charge < -0.3 is 10.4 Å². The van der Waals surface area contributed by atoms with Gasteiger partial charge in [0.05, 0.1) is 0 Å². The Morgan fingerprint density at radius 1 is 1.24 bits per heavy atom. The van der Waals surface area contributed by atoms with Gasteiger partial charge >= 0.3 is 0 Å². The monoisotopic (exact) mass is 235 g/mol. The van der Waals surface area contributed by atoms with Crippen LogP contribution >= 0.6 is 0 Å². The van der Waals surface area contributed by atoms with Crippen molar-refractivity contribution < 1.29 is 9.50 Å². The van der Waals surface area contributed by atoms with Crippen LogP contribution in [0.15, 0.2) is 24.3 Å². The van der Waals surface area contributed by atoms with E-state index in [2.05, 4.69) is 5.32 Å². The number of hydrogen-bond acceptors (Lipinski definition) is 2. The summed E-state index contributed by atoms with van der Waals surface area (Å²) in [7, 11) is 0. The highest BCUT2D eigenvalue weighted by Gasteiger charge is 2.37. The Morgan fingerprint density at radius 3 is 2.59 bits per heavy atom. The quantitative estimate of drug-likeness (QED) is 0.826. The molecule has 0 radical (unpaired) electrons. The Labute approximate surface area is 101 Å². The number of halogens is 1. The maximum absolute atomic E-state index is 14.4. The third-order valence-corrected chi connectivity index (χ3v) is 4.11. The van der Waals surface area contributed by atoms with E-state index in [1.165, 1.54) is 12.8 Å². The largest absolute Gasteiger partial charge is 0.508 e. The predicted molar refractivity (Wildman–Crippen MR) is 64.6 cm³/mol. The summed E-state index contributed by atoms with van der Waals surface area (Å²) >= 11 is 0. The van der Waals surface area contributed by atoms with E-state index in [9.17, 15) is 9.50 Å². The first-order valence-corrected chi connectivity index (χ1v) is 6.41. The predicted octanol–water partition coefficient (Wildman–Crippen LogP) is 2.93. The maximum atomic E-state index is 14.4. The Kier molecular flexibility index (Phi) is 2.79. The van der Waals surface area contributed by atoms with Crippen LogP contribution in [0.4, 0.5) is 4.39 Å². The molecule has 2 aliphatic heterocycles. The molecule has 3 heteroatoms. The molecule has 1 aromatic rings. The first-order chi connectivity index (χ1) is 8.22. The van der Waals surface area contributed by atoms with Gasteiger partial charge in [0.2, 0.25) is 0 Å². The number of hydrogen-bond donors (Lipinski definition) is 2. The fourth-order valence-electron chi connectivity index (χ4n) is 3.31. The van der Waals surface area contributed by atoms with E-state index in [4.69, 9.17) is 0 Å². The van der Waals surface area contributed by atoms with Crippen LogP contribution in [0.5, 0.6) is 5.75 Å². The Morgan fingerprint density at radius 2 is 1.94 bits per heavy atom. The van der Waals surface area contributed by atoms with E-state index in [1.807, 2.05) is 0 Å². The highest BCUT2D eigenvalue weighted by atomic mass is 19.1. The average molecular weight is 235 g/mol. The van der Waals surface area contributed by atoms with E-state index in [0.717, 1.165) is 12.8 Å². The number of fused-ring (bicyclic) bond motifs is 2. The Bertz CT molecular complexity index is 397. The summed E-state index contributed by atoms with van der Waals surface area (Å²) in [6, 6.07) is 7.64. The normalized spacial score (nSPS) is 33.6. The summed E-state index contributed by atoms with van der Waals surface area (Å²) in [5.41, 5.74) is 0.622. The third kappa shape index (κ3) is 2.16. The van der Waals surface area contributed by atoms with Crippen LogP contribution < -0.4 is 5.32 Å². The van der Waals surface area contributed by atoms with Crippen molar-refractivity contribution in [1.82, 2.24) is 5.32 Å². The molecule has 0 aromatic heterocycles. The van der Waals surface area contributed by atoms with E-state index < -0.39 is 6.17 Å². The van der Waals surface area contributed by atoms with Crippen molar-refractivity contribution in [2.45, 2.75) is 43.9 Å². The van der Waals surface area contributed by atoms with Gasteiger partial charge in [-0.3, -0.25) is 0 Å². The Balaban J connectivity index is 1.76. The smallest absolute Gasteiger partial charge is 0.128 e. The van der Waals surface area contributed by atoms with Gasteiger partial charge in [-0.1, -0.05) is 12.1 Å². The summed E-state index contributed by atoms with van der Waals surface area (Å²) < 4.78 is 14.4. The van der Waals surface area contributed by atoms with Crippen LogP contribution in [0.3, 0.4) is 0 Å². The van der Waals surface area contributed by atoms with Crippen molar-refractivity contribution in [3.05, 3.63) is 29.8 Å². The molecule has 2 N–H and O–H groups in total. The molecule has 0 saturated carbocycles. The van der Waals surface area contributed by atoms with Gasteiger partial charge in [0.1, 0.15) is 11.9 Å². The lowest BCUT2D eigenvalue weighted by Crippen LogP contribution is -2.39. The number of rotatable bonds is 2. The van der Waals surface area contributed by atoms with Gasteiger partial charge in [0, 0.05) is 12.1 Å². The van der Waals surface area contributed by atoms with Crippen LogP contribution in [0.25, 0.3) is 0 Å². The van der Waals surface area contributed by atoms with Gasteiger partial charge in [-0.05, 0) is 49.3 Å². The molecule has 2 heterocycles. The molecular formula is C14H18FNO. The molecular weight excluding hydrogens is 217 g/mol. The zero-order chi connectivity index (χ0) is 11.8. The molecule has 2 saturated heterocycles. The van der Waals surface area contributed by atoms with Crippen LogP contribution in [-0.4, -0.2) is 17.2 Å². The van der Waals surface area contributed by atoms with Gasteiger partial charge in [0.25, 0.3) is 0 Å². The van der Waals surface area contributed by atoms with Crippen LogP contribution in [0.2, 0.25) is 0 Å². The molecule has 0 spiro atoms. The van der Waals surface area contributed by atoms with E-state index in [0.29, 0.717) is 17.6 Å². The van der Waals surface area contributed by atoms with Gasteiger partial charge in [0.15, 0.2) is 0 Å². The summed E-state index contributed by atoms with van der Waals surface area (Å²) in [6.07, 6.45) is 3.29. The molecule has 17 heavy (non-hydrogen) atoms. The fraction of sp³-hybridized carbons (Fsp3) is 0.571. The average Bonchev–Trinajstić information content (AvgIpc) is 2.67. The molecule has 2 aliphatic rings. The van der Waals surface area contributed by atoms with E-state index in [-0.39, 0.29) is 11.7 Å². The molecule has 2 nitrogen and oxygen atoms in total. The van der Waals surface area contributed by atoms with Crippen molar-refractivity contribution >= 4 is 0 Å². The second kappa shape index (κ2) is 4.30. The molecule has 3 atom stereocenters. The third-order valence-electron chi connectivity index (χ3n) is 4.11. The SMILES string of the molecule is Oc1cccc(C(F)C2CC3CCC(C2)N3)c1. The second-order valence-electron chi connectivity index (χ2n) is 5.37. The highest BCUT2D eigenvalue weighted by molar-refractivity contribution is 5.29. The summed E-state index contributed by atoms with van der Waals surface area (Å²) in [4.78, 5) is 0. The summed E-state index contributed by atoms with van der Waals surface area (Å²) in [5.74, 6) is 0.262. The molecule has 3 unspecified atom stereocenters. The zero-order valence-corrected chi connectivity index (χ0v) is 9.77. The molecule has 0 aliphatic carbocycles. The van der Waals surface area contributed by atoms with E-state index >= 15 is 0 Å². The molecule has 92 valence electrons. The maximum Gasteiger partial charge on any atom is 0.128 e. The summed E-state index contributed by atoms with van der Waals surface area (Å²) in [6.45, 7) is 0. The van der Waals surface area contributed by atoms with E-state index in [1.54, 1.807) is 24.3 Å². The number of phenols is 1. The lowest BCUT2D eigenvalue weighted by Gasteiger charge is -2.31. The lowest BCUT2D eigenvalue weighted by atomic mass is 9.85. The van der Waals surface area contributed by atoms with Crippen LogP contribution in [0, 0.1) is 5.92 Å². The Hall–Kier alpha value is -1.09. The minimum Gasteiger partial charge on any atom is -0.508 e. The number of piperidine rings is 1. The number of alkyl halides is 1. The first kappa shape index (κ1) is 11.0. The number of aromatic hydroxyl groups is 1. The second-order valence-corrected chi connectivity index (χ2v) is 5.37. The lowest BCUT2D eigenvalue weighted by molar-refractivity contribution is 0.164. The van der Waals surface area contributed by atoms with Crippen molar-refractivity contribution in [1.29, 1.82) is 0 Å². The molecule has 0 amide bonds. The molecule has 3 rings (SSSR count). The minimum atomic E-state index is -0.938.